The van der Waals surface area contributed by atoms with Crippen molar-refractivity contribution in [2.24, 2.45) is 4.99 Å². The van der Waals surface area contributed by atoms with Crippen LogP contribution in [-0.4, -0.2) is 12.6 Å². The zero-order valence-corrected chi connectivity index (χ0v) is 7.63. The quantitative estimate of drug-likeness (QED) is 0.560. The van der Waals surface area contributed by atoms with Gasteiger partial charge in [0, 0.05) is 5.56 Å². The number of nitriles is 1. The maximum atomic E-state index is 13.4. The molecule has 0 fully saturated rings. The SMILES string of the molecule is N#Cc1ccc(F)c(CCN=C=O)c1F. The molecule has 0 heterocycles. The minimum absolute atomic E-state index is 0.0494. The van der Waals surface area contributed by atoms with Gasteiger partial charge in [-0.05, 0) is 18.6 Å². The van der Waals surface area contributed by atoms with Gasteiger partial charge in [-0.25, -0.2) is 18.6 Å². The van der Waals surface area contributed by atoms with E-state index in [-0.39, 0.29) is 24.1 Å². The molecule has 76 valence electrons. The van der Waals surface area contributed by atoms with Crippen molar-refractivity contribution >= 4 is 6.08 Å². The van der Waals surface area contributed by atoms with Gasteiger partial charge in [-0.2, -0.15) is 5.26 Å². The van der Waals surface area contributed by atoms with Crippen LogP contribution < -0.4 is 0 Å². The average molecular weight is 208 g/mol. The molecule has 15 heavy (non-hydrogen) atoms. The summed E-state index contributed by atoms with van der Waals surface area (Å²) in [4.78, 5) is 12.9. The first-order valence-corrected chi connectivity index (χ1v) is 4.11. The van der Waals surface area contributed by atoms with Gasteiger partial charge in [0.15, 0.2) is 0 Å². The number of benzene rings is 1. The highest BCUT2D eigenvalue weighted by Crippen LogP contribution is 2.16. The fraction of sp³-hybridized carbons (Fsp3) is 0.200. The van der Waals surface area contributed by atoms with Crippen molar-refractivity contribution in [3.8, 4) is 6.07 Å². The summed E-state index contributed by atoms with van der Waals surface area (Å²) in [7, 11) is 0. The van der Waals surface area contributed by atoms with E-state index in [1.807, 2.05) is 0 Å². The Morgan fingerprint density at radius 3 is 2.73 bits per heavy atom. The number of carbonyl (C=O) groups excluding carboxylic acids is 1. The van der Waals surface area contributed by atoms with Crippen LogP contribution in [0.1, 0.15) is 11.1 Å². The van der Waals surface area contributed by atoms with Gasteiger partial charge in [-0.1, -0.05) is 0 Å². The average Bonchev–Trinajstić information content (AvgIpc) is 2.23. The van der Waals surface area contributed by atoms with Crippen molar-refractivity contribution < 1.29 is 13.6 Å². The Hall–Kier alpha value is -2.05. The highest BCUT2D eigenvalue weighted by molar-refractivity contribution is 5.36. The van der Waals surface area contributed by atoms with Crippen LogP contribution in [0.4, 0.5) is 8.78 Å². The molecule has 0 atom stereocenters. The Bertz CT molecular complexity index is 459. The monoisotopic (exact) mass is 208 g/mol. The van der Waals surface area contributed by atoms with Gasteiger partial charge in [0.25, 0.3) is 0 Å². The lowest BCUT2D eigenvalue weighted by atomic mass is 10.1. The molecule has 0 bridgehead atoms. The van der Waals surface area contributed by atoms with Crippen molar-refractivity contribution in [2.45, 2.75) is 6.42 Å². The predicted octanol–water partition coefficient (Wildman–Crippen LogP) is 1.71. The molecule has 0 saturated heterocycles. The molecule has 0 aromatic heterocycles. The summed E-state index contributed by atoms with van der Waals surface area (Å²) < 4.78 is 26.5. The standard InChI is InChI=1S/C10H6F2N2O/c11-9-2-1-7(5-13)10(12)8(9)3-4-14-6-15/h1-2H,3-4H2. The Kier molecular flexibility index (Phi) is 3.67. The first-order chi connectivity index (χ1) is 7.20. The molecule has 0 amide bonds. The molecule has 1 rings (SSSR count). The van der Waals surface area contributed by atoms with Gasteiger partial charge in [-0.3, -0.25) is 0 Å². The lowest BCUT2D eigenvalue weighted by Gasteiger charge is -2.03. The summed E-state index contributed by atoms with van der Waals surface area (Å²) in [5, 5.41) is 8.51. The van der Waals surface area contributed by atoms with Crippen molar-refractivity contribution in [2.75, 3.05) is 6.54 Å². The predicted molar refractivity (Wildman–Crippen MR) is 47.8 cm³/mol. The minimum Gasteiger partial charge on any atom is -0.211 e. The number of hydrogen-bond donors (Lipinski definition) is 0. The molecule has 0 radical (unpaired) electrons. The summed E-state index contributed by atoms with van der Waals surface area (Å²) >= 11 is 0. The van der Waals surface area contributed by atoms with Crippen molar-refractivity contribution in [3.05, 3.63) is 34.9 Å². The summed E-state index contributed by atoms with van der Waals surface area (Å²) in [6, 6.07) is 3.69. The molecule has 1 aromatic carbocycles. The van der Waals surface area contributed by atoms with Crippen LogP contribution in [0.25, 0.3) is 0 Å². The van der Waals surface area contributed by atoms with E-state index in [1.165, 1.54) is 6.08 Å². The van der Waals surface area contributed by atoms with Crippen LogP contribution in [0.15, 0.2) is 17.1 Å². The molecule has 0 spiro atoms. The second-order valence-corrected chi connectivity index (χ2v) is 2.72. The van der Waals surface area contributed by atoms with Crippen LogP contribution in [0.3, 0.4) is 0 Å². The summed E-state index contributed by atoms with van der Waals surface area (Å²) in [6.45, 7) is -0.0494. The van der Waals surface area contributed by atoms with Gasteiger partial charge in [0.05, 0.1) is 12.1 Å². The van der Waals surface area contributed by atoms with Gasteiger partial charge >= 0.3 is 0 Å². The number of halogens is 2. The van der Waals surface area contributed by atoms with Crippen molar-refractivity contribution in [1.82, 2.24) is 0 Å². The molecule has 5 heteroatoms. The van der Waals surface area contributed by atoms with E-state index in [0.717, 1.165) is 12.1 Å². The number of aliphatic imine (C=N–C) groups is 1. The second-order valence-electron chi connectivity index (χ2n) is 2.72. The minimum atomic E-state index is -0.890. The molecule has 0 aliphatic heterocycles. The number of nitrogens with zero attached hydrogens (tertiary/aromatic N) is 2. The van der Waals surface area contributed by atoms with Gasteiger partial charge in [0.1, 0.15) is 17.7 Å². The van der Waals surface area contributed by atoms with E-state index < -0.39 is 11.6 Å². The summed E-state index contributed by atoms with van der Waals surface area (Å²) in [5.74, 6) is -1.63. The molecule has 0 aliphatic rings. The van der Waals surface area contributed by atoms with Crippen LogP contribution in [-0.2, 0) is 11.2 Å². The maximum absolute atomic E-state index is 13.4. The van der Waals surface area contributed by atoms with Crippen LogP contribution in [0.5, 0.6) is 0 Å². The molecule has 0 saturated carbocycles. The second kappa shape index (κ2) is 4.99. The summed E-state index contributed by atoms with van der Waals surface area (Å²) in [6.07, 6.45) is 1.20. The normalized spacial score (nSPS) is 9.13. The first kappa shape index (κ1) is 11.0. The number of isocyanates is 1. The molecular formula is C10H6F2N2O. The zero-order chi connectivity index (χ0) is 11.3. The van der Waals surface area contributed by atoms with Crippen molar-refractivity contribution in [3.63, 3.8) is 0 Å². The maximum Gasteiger partial charge on any atom is 0.234 e. The number of hydrogen-bond acceptors (Lipinski definition) is 3. The van der Waals surface area contributed by atoms with Gasteiger partial charge in [-0.15, -0.1) is 0 Å². The molecule has 3 nitrogen and oxygen atoms in total. The summed E-state index contributed by atoms with van der Waals surface area (Å²) in [5.41, 5.74) is -0.450. The Labute approximate surface area is 84.7 Å². The van der Waals surface area contributed by atoms with E-state index in [1.54, 1.807) is 6.07 Å². The lowest BCUT2D eigenvalue weighted by molar-refractivity contribution is 0.549. The van der Waals surface area contributed by atoms with E-state index >= 15 is 0 Å². The molecular weight excluding hydrogens is 202 g/mol. The third kappa shape index (κ3) is 2.46. The fourth-order valence-corrected chi connectivity index (χ4v) is 1.13. The Balaban J connectivity index is 3.05. The van der Waals surface area contributed by atoms with Gasteiger partial charge in [0.2, 0.25) is 6.08 Å². The first-order valence-electron chi connectivity index (χ1n) is 4.11. The Morgan fingerprint density at radius 2 is 2.13 bits per heavy atom. The van der Waals surface area contributed by atoms with E-state index in [9.17, 15) is 13.6 Å². The topological polar surface area (TPSA) is 53.2 Å². The number of rotatable bonds is 3. The van der Waals surface area contributed by atoms with E-state index in [2.05, 4.69) is 4.99 Å². The van der Waals surface area contributed by atoms with Crippen LogP contribution in [0.2, 0.25) is 0 Å². The molecule has 0 unspecified atom stereocenters. The van der Waals surface area contributed by atoms with E-state index in [4.69, 9.17) is 5.26 Å². The third-order valence-electron chi connectivity index (χ3n) is 1.84. The Morgan fingerprint density at radius 1 is 1.40 bits per heavy atom. The fourth-order valence-electron chi connectivity index (χ4n) is 1.13. The van der Waals surface area contributed by atoms with Gasteiger partial charge < -0.3 is 0 Å². The molecule has 0 N–H and O–H groups in total. The highest BCUT2D eigenvalue weighted by Gasteiger charge is 2.12. The van der Waals surface area contributed by atoms with Crippen LogP contribution >= 0.6 is 0 Å². The third-order valence-corrected chi connectivity index (χ3v) is 1.84. The van der Waals surface area contributed by atoms with Crippen molar-refractivity contribution in [1.29, 1.82) is 5.26 Å². The highest BCUT2D eigenvalue weighted by atomic mass is 19.1. The largest absolute Gasteiger partial charge is 0.234 e. The molecule has 1 aromatic rings. The molecule has 0 aliphatic carbocycles. The van der Waals surface area contributed by atoms with Crippen LogP contribution in [0, 0.1) is 23.0 Å². The van der Waals surface area contributed by atoms with E-state index in [0.29, 0.717) is 0 Å². The smallest absolute Gasteiger partial charge is 0.211 e. The lowest BCUT2D eigenvalue weighted by Crippen LogP contribution is -2.00. The zero-order valence-electron chi connectivity index (χ0n) is 7.63.